The molecule has 1 aromatic rings. The second kappa shape index (κ2) is 5.10. The lowest BCUT2D eigenvalue weighted by atomic mass is 9.92. The molecule has 0 amide bonds. The topological polar surface area (TPSA) is 87.3 Å². The number of ether oxygens (including phenoxy) is 1. The lowest BCUT2D eigenvalue weighted by Gasteiger charge is -2.25. The van der Waals surface area contributed by atoms with Crippen LogP contribution in [-0.4, -0.2) is 49.2 Å². The minimum atomic E-state index is -3.55. The predicted octanol–water partition coefficient (Wildman–Crippen LogP) is 0.696. The van der Waals surface area contributed by atoms with Crippen molar-refractivity contribution in [2.24, 2.45) is 0 Å². The van der Waals surface area contributed by atoms with Gasteiger partial charge in [0, 0.05) is 30.3 Å². The molecule has 0 spiro atoms. The Morgan fingerprint density at radius 2 is 2.00 bits per heavy atom. The number of nitrogens with zero attached hydrogens (tertiary/aromatic N) is 2. The molecule has 0 aliphatic carbocycles. The normalized spacial score (nSPS) is 18.5. The van der Waals surface area contributed by atoms with Crippen molar-refractivity contribution in [1.29, 1.82) is 0 Å². The number of hydrogen-bond donors (Lipinski definition) is 2. The number of H-pyrrole nitrogens is 1. The fraction of sp³-hybridized carbons (Fsp3) is 0.727. The molecular formula is C11H20N4O3S. The van der Waals surface area contributed by atoms with Crippen LogP contribution in [0, 0.1) is 0 Å². The van der Waals surface area contributed by atoms with E-state index in [4.69, 9.17) is 4.74 Å². The quantitative estimate of drug-likeness (QED) is 0.857. The summed E-state index contributed by atoms with van der Waals surface area (Å²) in [6.07, 6.45) is 0. The van der Waals surface area contributed by atoms with Gasteiger partial charge in [0.2, 0.25) is 0 Å². The van der Waals surface area contributed by atoms with E-state index in [9.17, 15) is 8.42 Å². The first-order chi connectivity index (χ1) is 8.79. The molecule has 1 aliphatic heterocycles. The molecule has 1 fully saturated rings. The van der Waals surface area contributed by atoms with Crippen LogP contribution in [0.15, 0.2) is 6.07 Å². The Morgan fingerprint density at radius 1 is 1.37 bits per heavy atom. The number of rotatable bonds is 3. The summed E-state index contributed by atoms with van der Waals surface area (Å²) in [6.45, 7) is 7.67. The van der Waals surface area contributed by atoms with Crippen LogP contribution >= 0.6 is 0 Å². The van der Waals surface area contributed by atoms with Crippen molar-refractivity contribution in [2.75, 3.05) is 31.0 Å². The average Bonchev–Trinajstić information content (AvgIpc) is 2.78. The number of morpholine rings is 1. The summed E-state index contributed by atoms with van der Waals surface area (Å²) in [5.74, 6) is 0.316. The molecule has 2 heterocycles. The Labute approximate surface area is 113 Å². The number of aromatic amines is 1. The van der Waals surface area contributed by atoms with Gasteiger partial charge in [-0.2, -0.15) is 17.8 Å². The molecule has 0 aromatic carbocycles. The molecule has 19 heavy (non-hydrogen) atoms. The first kappa shape index (κ1) is 14.3. The molecule has 1 aliphatic rings. The molecule has 0 unspecified atom stereocenters. The summed E-state index contributed by atoms with van der Waals surface area (Å²) in [5.41, 5.74) is 0.780. The van der Waals surface area contributed by atoms with Crippen molar-refractivity contribution >= 4 is 16.0 Å². The lowest BCUT2D eigenvalue weighted by molar-refractivity contribution is 0.0733. The maximum Gasteiger partial charge on any atom is 0.303 e. The standard InChI is InChI=1S/C11H20N4O3S/c1-11(2,3)9-8-10(13-12-9)14-19(16,17)15-4-6-18-7-5-15/h8H,4-7H2,1-3H3,(H2,12,13,14). The van der Waals surface area contributed by atoms with Crippen LogP contribution in [0.3, 0.4) is 0 Å². The van der Waals surface area contributed by atoms with E-state index in [0.29, 0.717) is 32.1 Å². The minimum absolute atomic E-state index is 0.102. The van der Waals surface area contributed by atoms with E-state index in [1.165, 1.54) is 4.31 Å². The van der Waals surface area contributed by atoms with Crippen LogP contribution in [0.25, 0.3) is 0 Å². The van der Waals surface area contributed by atoms with Gasteiger partial charge in [-0.25, -0.2) is 0 Å². The van der Waals surface area contributed by atoms with Gasteiger partial charge in [-0.15, -0.1) is 0 Å². The maximum atomic E-state index is 12.1. The first-order valence-corrected chi connectivity index (χ1v) is 7.64. The molecule has 1 aromatic heterocycles. The van der Waals surface area contributed by atoms with Crippen LogP contribution in [0.2, 0.25) is 0 Å². The predicted molar refractivity (Wildman–Crippen MR) is 72.2 cm³/mol. The summed E-state index contributed by atoms with van der Waals surface area (Å²) in [6, 6.07) is 1.72. The van der Waals surface area contributed by atoms with Crippen molar-refractivity contribution < 1.29 is 13.2 Å². The highest BCUT2D eigenvalue weighted by atomic mass is 32.2. The molecule has 8 heteroatoms. The van der Waals surface area contributed by atoms with Crippen molar-refractivity contribution in [3.63, 3.8) is 0 Å². The van der Waals surface area contributed by atoms with Gasteiger partial charge in [-0.05, 0) is 0 Å². The highest BCUT2D eigenvalue weighted by Gasteiger charge is 2.25. The third kappa shape index (κ3) is 3.46. The van der Waals surface area contributed by atoms with E-state index in [2.05, 4.69) is 14.9 Å². The van der Waals surface area contributed by atoms with Crippen LogP contribution in [0.4, 0.5) is 5.82 Å². The van der Waals surface area contributed by atoms with E-state index >= 15 is 0 Å². The van der Waals surface area contributed by atoms with E-state index < -0.39 is 10.2 Å². The fourth-order valence-electron chi connectivity index (χ4n) is 1.74. The minimum Gasteiger partial charge on any atom is -0.379 e. The molecule has 2 N–H and O–H groups in total. The van der Waals surface area contributed by atoms with Gasteiger partial charge in [-0.1, -0.05) is 20.8 Å². The zero-order valence-electron chi connectivity index (χ0n) is 11.4. The third-order valence-corrected chi connectivity index (χ3v) is 4.44. The fourth-order valence-corrected chi connectivity index (χ4v) is 2.87. The van der Waals surface area contributed by atoms with E-state index in [1.54, 1.807) is 6.07 Å². The average molecular weight is 288 g/mol. The highest BCUT2D eigenvalue weighted by Crippen LogP contribution is 2.22. The van der Waals surface area contributed by atoms with Gasteiger partial charge in [-0.3, -0.25) is 9.82 Å². The van der Waals surface area contributed by atoms with E-state index in [0.717, 1.165) is 5.69 Å². The Morgan fingerprint density at radius 3 is 2.53 bits per heavy atom. The van der Waals surface area contributed by atoms with Gasteiger partial charge in [0.15, 0.2) is 5.82 Å². The van der Waals surface area contributed by atoms with Gasteiger partial charge >= 0.3 is 10.2 Å². The van der Waals surface area contributed by atoms with Crippen LogP contribution < -0.4 is 4.72 Å². The summed E-state index contributed by atoms with van der Waals surface area (Å²) in [5, 5.41) is 6.84. The smallest absolute Gasteiger partial charge is 0.303 e. The monoisotopic (exact) mass is 288 g/mol. The zero-order valence-corrected chi connectivity index (χ0v) is 12.2. The number of nitrogens with one attached hydrogen (secondary N) is 2. The summed E-state index contributed by atoms with van der Waals surface area (Å²) in [4.78, 5) is 0. The largest absolute Gasteiger partial charge is 0.379 e. The highest BCUT2D eigenvalue weighted by molar-refractivity contribution is 7.90. The van der Waals surface area contributed by atoms with Crippen molar-refractivity contribution in [1.82, 2.24) is 14.5 Å². The SMILES string of the molecule is CC(C)(C)c1cc(NS(=O)(=O)N2CCOCC2)n[nH]1. The molecule has 108 valence electrons. The van der Waals surface area contributed by atoms with Crippen LogP contribution in [-0.2, 0) is 20.4 Å². The first-order valence-electron chi connectivity index (χ1n) is 6.20. The molecule has 7 nitrogen and oxygen atoms in total. The number of hydrogen-bond acceptors (Lipinski definition) is 4. The second-order valence-electron chi connectivity index (χ2n) is 5.54. The van der Waals surface area contributed by atoms with E-state index in [1.807, 2.05) is 20.8 Å². The van der Waals surface area contributed by atoms with Gasteiger partial charge in [0.25, 0.3) is 0 Å². The molecule has 1 saturated heterocycles. The Balaban J connectivity index is 2.09. The Bertz CT molecular complexity index is 526. The second-order valence-corrected chi connectivity index (χ2v) is 7.21. The van der Waals surface area contributed by atoms with Crippen LogP contribution in [0.1, 0.15) is 26.5 Å². The number of aromatic nitrogens is 2. The Hall–Kier alpha value is -1.12. The molecule has 0 atom stereocenters. The van der Waals surface area contributed by atoms with Gasteiger partial charge in [0.1, 0.15) is 0 Å². The maximum absolute atomic E-state index is 12.1. The van der Waals surface area contributed by atoms with Gasteiger partial charge in [0.05, 0.1) is 13.2 Å². The van der Waals surface area contributed by atoms with Crippen molar-refractivity contribution in [2.45, 2.75) is 26.2 Å². The van der Waals surface area contributed by atoms with Crippen molar-refractivity contribution in [3.05, 3.63) is 11.8 Å². The summed E-state index contributed by atoms with van der Waals surface area (Å²) in [7, 11) is -3.55. The molecule has 0 bridgehead atoms. The Kier molecular flexibility index (Phi) is 3.84. The lowest BCUT2D eigenvalue weighted by Crippen LogP contribution is -2.43. The van der Waals surface area contributed by atoms with Crippen molar-refractivity contribution in [3.8, 4) is 0 Å². The number of anilines is 1. The van der Waals surface area contributed by atoms with E-state index in [-0.39, 0.29) is 5.41 Å². The van der Waals surface area contributed by atoms with Gasteiger partial charge < -0.3 is 4.74 Å². The third-order valence-electron chi connectivity index (χ3n) is 2.93. The molecule has 0 radical (unpaired) electrons. The zero-order chi connectivity index (χ0) is 14.1. The van der Waals surface area contributed by atoms with Crippen LogP contribution in [0.5, 0.6) is 0 Å². The summed E-state index contributed by atoms with van der Waals surface area (Å²) < 4.78 is 33.2. The molecular weight excluding hydrogens is 268 g/mol. The molecule has 0 saturated carbocycles. The molecule has 2 rings (SSSR count). The summed E-state index contributed by atoms with van der Waals surface area (Å²) >= 11 is 0.